The molecule has 3 amide bonds. The molecule has 1 aromatic rings. The number of carbonyl (C=O) groups excluding carboxylic acids is 2. The molecule has 114 valence electrons. The van der Waals surface area contributed by atoms with Gasteiger partial charge in [0.15, 0.2) is 0 Å². The van der Waals surface area contributed by atoms with Crippen LogP contribution in [0.15, 0.2) is 24.3 Å². The normalized spacial score (nSPS) is 15.8. The minimum atomic E-state index is -4.53. The number of urea groups is 1. The van der Waals surface area contributed by atoms with Crippen molar-refractivity contribution in [1.82, 2.24) is 9.80 Å². The third kappa shape index (κ3) is 3.65. The zero-order valence-electron chi connectivity index (χ0n) is 11.1. The molecule has 21 heavy (non-hydrogen) atoms. The van der Waals surface area contributed by atoms with Crippen LogP contribution in [0.5, 0.6) is 0 Å². The summed E-state index contributed by atoms with van der Waals surface area (Å²) in [6.07, 6.45) is -3.84. The number of rotatable bonds is 2. The van der Waals surface area contributed by atoms with E-state index in [4.69, 9.17) is 0 Å². The van der Waals surface area contributed by atoms with Gasteiger partial charge in [-0.15, -0.1) is 0 Å². The summed E-state index contributed by atoms with van der Waals surface area (Å²) in [5.74, 6) is 0. The highest BCUT2D eigenvalue weighted by Crippen LogP contribution is 2.34. The monoisotopic (exact) mass is 301 g/mol. The summed E-state index contributed by atoms with van der Waals surface area (Å²) in [4.78, 5) is 25.4. The Balaban J connectivity index is 2.05. The zero-order valence-corrected chi connectivity index (χ0v) is 11.1. The van der Waals surface area contributed by atoms with Crippen LogP contribution in [0.25, 0.3) is 0 Å². The number of nitrogens with zero attached hydrogens (tertiary/aromatic N) is 2. The Hall–Kier alpha value is -2.25. The Morgan fingerprint density at radius 3 is 2.33 bits per heavy atom. The smallest absolute Gasteiger partial charge is 0.342 e. The lowest BCUT2D eigenvalue weighted by Crippen LogP contribution is -2.49. The molecule has 0 aromatic heterocycles. The topological polar surface area (TPSA) is 52.7 Å². The molecule has 8 heteroatoms. The SMILES string of the molecule is O=CN1CCN(C(=O)Nc2ccccc2C(F)(F)F)CC1. The standard InChI is InChI=1S/C13H14F3N3O2/c14-13(15,16)10-3-1-2-4-11(10)17-12(21)19-7-5-18(9-20)6-8-19/h1-4,9H,5-8H2,(H,17,21). The molecule has 1 fully saturated rings. The van der Waals surface area contributed by atoms with E-state index in [1.54, 1.807) is 0 Å². The minimum absolute atomic E-state index is 0.271. The van der Waals surface area contributed by atoms with E-state index in [0.29, 0.717) is 32.6 Å². The predicted octanol–water partition coefficient (Wildman–Crippen LogP) is 2.01. The largest absolute Gasteiger partial charge is 0.418 e. The quantitative estimate of drug-likeness (QED) is 0.850. The van der Waals surface area contributed by atoms with Gasteiger partial charge in [0.25, 0.3) is 0 Å². The van der Waals surface area contributed by atoms with Crippen LogP contribution in [-0.2, 0) is 11.0 Å². The predicted molar refractivity (Wildman–Crippen MR) is 69.7 cm³/mol. The van der Waals surface area contributed by atoms with Crippen molar-refractivity contribution in [2.45, 2.75) is 6.18 Å². The van der Waals surface area contributed by atoms with Gasteiger partial charge in [-0.1, -0.05) is 12.1 Å². The van der Waals surface area contributed by atoms with Crippen molar-refractivity contribution < 1.29 is 22.8 Å². The molecule has 0 bridgehead atoms. The van der Waals surface area contributed by atoms with Crippen LogP contribution in [-0.4, -0.2) is 48.4 Å². The Labute approximate surface area is 119 Å². The number of halogens is 3. The van der Waals surface area contributed by atoms with Gasteiger partial charge in [-0.05, 0) is 12.1 Å². The van der Waals surface area contributed by atoms with Crippen LogP contribution < -0.4 is 5.32 Å². The summed E-state index contributed by atoms with van der Waals surface area (Å²) in [7, 11) is 0. The molecule has 0 saturated carbocycles. The van der Waals surface area contributed by atoms with Crippen molar-refractivity contribution in [3.63, 3.8) is 0 Å². The Morgan fingerprint density at radius 1 is 1.14 bits per heavy atom. The third-order valence-corrected chi connectivity index (χ3v) is 3.22. The maximum Gasteiger partial charge on any atom is 0.418 e. The summed E-state index contributed by atoms with van der Waals surface area (Å²) in [5.41, 5.74) is -1.15. The Kier molecular flexibility index (Phi) is 4.35. The number of anilines is 1. The van der Waals surface area contributed by atoms with Crippen molar-refractivity contribution in [2.24, 2.45) is 0 Å². The van der Waals surface area contributed by atoms with Crippen LogP contribution in [0.3, 0.4) is 0 Å². The molecule has 1 N–H and O–H groups in total. The second-order valence-corrected chi connectivity index (χ2v) is 4.60. The molecule has 1 heterocycles. The van der Waals surface area contributed by atoms with Gasteiger partial charge < -0.3 is 15.1 Å². The zero-order chi connectivity index (χ0) is 15.5. The number of hydrogen-bond acceptors (Lipinski definition) is 2. The maximum atomic E-state index is 12.8. The maximum absolute atomic E-state index is 12.8. The van der Waals surface area contributed by atoms with Crippen LogP contribution in [0.4, 0.5) is 23.7 Å². The highest BCUT2D eigenvalue weighted by molar-refractivity contribution is 5.90. The van der Waals surface area contributed by atoms with Gasteiger partial charge in [0.1, 0.15) is 0 Å². The van der Waals surface area contributed by atoms with Crippen LogP contribution in [0, 0.1) is 0 Å². The van der Waals surface area contributed by atoms with Crippen molar-refractivity contribution >= 4 is 18.1 Å². The molecule has 1 aromatic carbocycles. The number of amides is 3. The first-order chi connectivity index (χ1) is 9.91. The van der Waals surface area contributed by atoms with Crippen molar-refractivity contribution in [3.05, 3.63) is 29.8 Å². The van der Waals surface area contributed by atoms with E-state index in [9.17, 15) is 22.8 Å². The molecule has 0 radical (unpaired) electrons. The molecule has 0 aliphatic carbocycles. The second kappa shape index (κ2) is 6.02. The molecular formula is C13H14F3N3O2. The van der Waals surface area contributed by atoms with Crippen LogP contribution in [0.1, 0.15) is 5.56 Å². The summed E-state index contributed by atoms with van der Waals surface area (Å²) in [6.45, 7) is 1.33. The molecule has 2 rings (SSSR count). The summed E-state index contributed by atoms with van der Waals surface area (Å²) >= 11 is 0. The van der Waals surface area contributed by atoms with Crippen molar-refractivity contribution in [3.8, 4) is 0 Å². The van der Waals surface area contributed by atoms with E-state index in [1.165, 1.54) is 28.0 Å². The minimum Gasteiger partial charge on any atom is -0.342 e. The molecule has 1 aliphatic rings. The van der Waals surface area contributed by atoms with Gasteiger partial charge in [-0.3, -0.25) is 4.79 Å². The average molecular weight is 301 g/mol. The van der Waals surface area contributed by atoms with E-state index in [1.807, 2.05) is 0 Å². The van der Waals surface area contributed by atoms with Gasteiger partial charge >= 0.3 is 12.2 Å². The van der Waals surface area contributed by atoms with E-state index in [-0.39, 0.29) is 5.69 Å². The van der Waals surface area contributed by atoms with Gasteiger partial charge in [0.05, 0.1) is 11.3 Å². The number of carbonyl (C=O) groups is 2. The highest BCUT2D eigenvalue weighted by atomic mass is 19.4. The summed E-state index contributed by atoms with van der Waals surface area (Å²) in [6, 6.07) is 4.22. The first kappa shape index (κ1) is 15.1. The lowest BCUT2D eigenvalue weighted by molar-refractivity contribution is -0.137. The number of nitrogens with one attached hydrogen (secondary N) is 1. The number of benzene rings is 1. The van der Waals surface area contributed by atoms with Crippen LogP contribution in [0.2, 0.25) is 0 Å². The molecule has 1 aliphatic heterocycles. The Bertz CT molecular complexity index is 526. The highest BCUT2D eigenvalue weighted by Gasteiger charge is 2.34. The van der Waals surface area contributed by atoms with Gasteiger partial charge in [-0.25, -0.2) is 4.79 Å². The van der Waals surface area contributed by atoms with E-state index in [0.717, 1.165) is 6.07 Å². The average Bonchev–Trinajstić information content (AvgIpc) is 2.47. The molecular weight excluding hydrogens is 287 g/mol. The molecule has 0 unspecified atom stereocenters. The van der Waals surface area contributed by atoms with E-state index < -0.39 is 17.8 Å². The molecule has 5 nitrogen and oxygen atoms in total. The van der Waals surface area contributed by atoms with Crippen molar-refractivity contribution in [2.75, 3.05) is 31.5 Å². The van der Waals surface area contributed by atoms with Gasteiger partial charge in [-0.2, -0.15) is 13.2 Å². The fourth-order valence-corrected chi connectivity index (χ4v) is 2.06. The molecule has 0 spiro atoms. The van der Waals surface area contributed by atoms with Crippen LogP contribution >= 0.6 is 0 Å². The summed E-state index contributed by atoms with van der Waals surface area (Å²) in [5, 5.41) is 2.28. The Morgan fingerprint density at radius 2 is 1.76 bits per heavy atom. The summed E-state index contributed by atoms with van der Waals surface area (Å²) < 4.78 is 38.5. The molecule has 1 saturated heterocycles. The number of piperazine rings is 1. The number of para-hydroxylation sites is 1. The van der Waals surface area contributed by atoms with E-state index >= 15 is 0 Å². The molecule has 0 atom stereocenters. The third-order valence-electron chi connectivity index (χ3n) is 3.22. The first-order valence-electron chi connectivity index (χ1n) is 6.33. The fourth-order valence-electron chi connectivity index (χ4n) is 2.06. The first-order valence-corrected chi connectivity index (χ1v) is 6.33. The second-order valence-electron chi connectivity index (χ2n) is 4.60. The van der Waals surface area contributed by atoms with Gasteiger partial charge in [0, 0.05) is 26.2 Å². The van der Waals surface area contributed by atoms with Crippen molar-refractivity contribution in [1.29, 1.82) is 0 Å². The number of alkyl halides is 3. The number of hydrogen-bond donors (Lipinski definition) is 1. The van der Waals surface area contributed by atoms with Gasteiger partial charge in [0.2, 0.25) is 6.41 Å². The fraction of sp³-hybridized carbons (Fsp3) is 0.385. The van der Waals surface area contributed by atoms with E-state index in [2.05, 4.69) is 5.32 Å². The lowest BCUT2D eigenvalue weighted by atomic mass is 10.1. The lowest BCUT2D eigenvalue weighted by Gasteiger charge is -2.32.